The molecule has 0 aliphatic carbocycles. The summed E-state index contributed by atoms with van der Waals surface area (Å²) >= 11 is 9.14. The molecule has 110 valence electrons. The van der Waals surface area contributed by atoms with Crippen molar-refractivity contribution in [2.45, 2.75) is 0 Å². The minimum Gasteiger partial charge on any atom is -0.496 e. The van der Waals surface area contributed by atoms with Gasteiger partial charge in [0, 0.05) is 10.5 Å². The number of carbonyl (C=O) groups excluding carboxylic acids is 1. The molecule has 1 heterocycles. The third-order valence-corrected chi connectivity index (χ3v) is 3.20. The van der Waals surface area contributed by atoms with Gasteiger partial charge in [0.05, 0.1) is 19.8 Å². The molecule has 6 nitrogen and oxygen atoms in total. The van der Waals surface area contributed by atoms with E-state index in [1.165, 1.54) is 20.3 Å². The molecule has 0 aliphatic heterocycles. The summed E-state index contributed by atoms with van der Waals surface area (Å²) in [7, 11) is 2.93. The minimum absolute atomic E-state index is 0.0503. The van der Waals surface area contributed by atoms with E-state index in [-0.39, 0.29) is 17.0 Å². The molecule has 2 rings (SSSR count). The third kappa shape index (κ3) is 3.83. The molecule has 1 N–H and O–H groups in total. The molecule has 8 heteroatoms. The van der Waals surface area contributed by atoms with Crippen molar-refractivity contribution in [3.8, 4) is 11.6 Å². The van der Waals surface area contributed by atoms with Gasteiger partial charge in [0.25, 0.3) is 5.91 Å². The van der Waals surface area contributed by atoms with E-state index in [1.807, 2.05) is 0 Å². The number of hydrogen-bond acceptors (Lipinski definition) is 5. The number of nitrogens with one attached hydrogen (secondary N) is 1. The van der Waals surface area contributed by atoms with Gasteiger partial charge in [-0.25, -0.2) is 4.98 Å². The minimum atomic E-state index is -0.413. The quantitative estimate of drug-likeness (QED) is 0.835. The number of benzene rings is 1. The molecule has 21 heavy (non-hydrogen) atoms. The number of nitrogens with zero attached hydrogens (tertiary/aromatic N) is 2. The molecule has 0 saturated carbocycles. The summed E-state index contributed by atoms with van der Waals surface area (Å²) in [6.07, 6.45) is 0. The average Bonchev–Trinajstić information content (AvgIpc) is 2.46. The number of anilines is 1. The van der Waals surface area contributed by atoms with Crippen molar-refractivity contribution >= 4 is 39.4 Å². The van der Waals surface area contributed by atoms with Gasteiger partial charge in [0.2, 0.25) is 11.8 Å². The van der Waals surface area contributed by atoms with E-state index in [0.29, 0.717) is 11.3 Å². The van der Waals surface area contributed by atoms with Crippen LogP contribution in [0.15, 0.2) is 28.7 Å². The Balaban J connectivity index is 2.28. The van der Waals surface area contributed by atoms with Crippen molar-refractivity contribution in [2.75, 3.05) is 19.5 Å². The van der Waals surface area contributed by atoms with E-state index in [2.05, 4.69) is 31.2 Å². The number of hydrogen-bond donors (Lipinski definition) is 1. The maximum atomic E-state index is 12.2. The number of amides is 1. The van der Waals surface area contributed by atoms with E-state index < -0.39 is 5.91 Å². The first-order chi connectivity index (χ1) is 10.0. The summed E-state index contributed by atoms with van der Waals surface area (Å²) in [5, 5.41) is 2.71. The predicted octanol–water partition coefficient (Wildman–Crippen LogP) is 3.16. The van der Waals surface area contributed by atoms with Crippen molar-refractivity contribution < 1.29 is 14.3 Å². The van der Waals surface area contributed by atoms with Crippen LogP contribution in [0.1, 0.15) is 10.4 Å². The second kappa shape index (κ2) is 6.73. The highest BCUT2D eigenvalue weighted by Crippen LogP contribution is 2.24. The van der Waals surface area contributed by atoms with Crippen LogP contribution in [0.3, 0.4) is 0 Å². The number of methoxy groups -OCH3 is 2. The van der Waals surface area contributed by atoms with Gasteiger partial charge in [-0.05, 0) is 18.2 Å². The summed E-state index contributed by atoms with van der Waals surface area (Å²) in [6.45, 7) is 0. The van der Waals surface area contributed by atoms with Gasteiger partial charge in [-0.15, -0.1) is 0 Å². The SMILES string of the molecule is COc1cc(Cl)nc(NC(=O)c2ccc(Br)cc2OC)n1. The summed E-state index contributed by atoms with van der Waals surface area (Å²) in [5.41, 5.74) is 0.350. The van der Waals surface area contributed by atoms with Crippen LogP contribution in [0.5, 0.6) is 11.6 Å². The van der Waals surface area contributed by atoms with Gasteiger partial charge in [0.15, 0.2) is 0 Å². The van der Waals surface area contributed by atoms with Crippen LogP contribution in [0, 0.1) is 0 Å². The average molecular weight is 373 g/mol. The Morgan fingerprint density at radius 2 is 2.00 bits per heavy atom. The zero-order valence-electron chi connectivity index (χ0n) is 11.2. The van der Waals surface area contributed by atoms with Gasteiger partial charge >= 0.3 is 0 Å². The molecule has 0 bridgehead atoms. The van der Waals surface area contributed by atoms with Crippen molar-refractivity contribution in [3.63, 3.8) is 0 Å². The van der Waals surface area contributed by atoms with E-state index in [1.54, 1.807) is 18.2 Å². The van der Waals surface area contributed by atoms with E-state index in [4.69, 9.17) is 21.1 Å². The molecular formula is C13H11BrClN3O3. The highest BCUT2D eigenvalue weighted by Gasteiger charge is 2.15. The van der Waals surface area contributed by atoms with Crippen molar-refractivity contribution in [2.24, 2.45) is 0 Å². The Hall–Kier alpha value is -1.86. The molecule has 0 fully saturated rings. The van der Waals surface area contributed by atoms with Gasteiger partial charge < -0.3 is 9.47 Å². The molecule has 1 aromatic heterocycles. The molecule has 0 atom stereocenters. The van der Waals surface area contributed by atoms with Crippen LogP contribution in [-0.4, -0.2) is 30.1 Å². The van der Waals surface area contributed by atoms with Gasteiger partial charge in [-0.1, -0.05) is 27.5 Å². The summed E-state index contributed by atoms with van der Waals surface area (Å²) in [6, 6.07) is 6.49. The van der Waals surface area contributed by atoms with Crippen LogP contribution in [-0.2, 0) is 0 Å². The second-order valence-corrected chi connectivity index (χ2v) is 5.16. The largest absolute Gasteiger partial charge is 0.496 e. The Kier molecular flexibility index (Phi) is 4.98. The first-order valence-corrected chi connectivity index (χ1v) is 6.94. The fraction of sp³-hybridized carbons (Fsp3) is 0.154. The summed E-state index contributed by atoms with van der Waals surface area (Å²) in [5.74, 6) is 0.321. The molecule has 0 unspecified atom stereocenters. The van der Waals surface area contributed by atoms with Crippen molar-refractivity contribution in [3.05, 3.63) is 39.5 Å². The molecule has 1 aromatic carbocycles. The lowest BCUT2D eigenvalue weighted by molar-refractivity contribution is 0.102. The zero-order chi connectivity index (χ0) is 15.4. The van der Waals surface area contributed by atoms with Crippen molar-refractivity contribution in [1.29, 1.82) is 0 Å². The maximum absolute atomic E-state index is 12.2. The first-order valence-electron chi connectivity index (χ1n) is 5.77. The highest BCUT2D eigenvalue weighted by atomic mass is 79.9. The standard InChI is InChI=1S/C13H11BrClN3O3/c1-20-9-5-7(14)3-4-8(9)12(19)18-13-16-10(15)6-11(17-13)21-2/h3-6H,1-2H3,(H,16,17,18,19). The first kappa shape index (κ1) is 15.5. The van der Waals surface area contributed by atoms with Crippen LogP contribution in [0.2, 0.25) is 5.15 Å². The molecule has 0 saturated heterocycles. The molecular weight excluding hydrogens is 362 g/mol. The monoisotopic (exact) mass is 371 g/mol. The second-order valence-electron chi connectivity index (χ2n) is 3.86. The summed E-state index contributed by atoms with van der Waals surface area (Å²) < 4.78 is 10.9. The Morgan fingerprint density at radius 1 is 1.24 bits per heavy atom. The number of ether oxygens (including phenoxy) is 2. The van der Waals surface area contributed by atoms with Gasteiger partial charge in [-0.3, -0.25) is 10.1 Å². The highest BCUT2D eigenvalue weighted by molar-refractivity contribution is 9.10. The third-order valence-electron chi connectivity index (χ3n) is 2.51. The topological polar surface area (TPSA) is 73.3 Å². The van der Waals surface area contributed by atoms with Crippen LogP contribution >= 0.6 is 27.5 Å². The van der Waals surface area contributed by atoms with E-state index in [9.17, 15) is 4.79 Å². The predicted molar refractivity (Wildman–Crippen MR) is 82.2 cm³/mol. The molecule has 1 amide bonds. The van der Waals surface area contributed by atoms with Crippen LogP contribution < -0.4 is 14.8 Å². The Morgan fingerprint density at radius 3 is 2.67 bits per heavy atom. The number of halogens is 2. The van der Waals surface area contributed by atoms with Crippen LogP contribution in [0.4, 0.5) is 5.95 Å². The molecule has 0 spiro atoms. The van der Waals surface area contributed by atoms with E-state index >= 15 is 0 Å². The molecule has 0 radical (unpaired) electrons. The van der Waals surface area contributed by atoms with E-state index in [0.717, 1.165) is 4.47 Å². The smallest absolute Gasteiger partial charge is 0.261 e. The van der Waals surface area contributed by atoms with Gasteiger partial charge in [0.1, 0.15) is 10.9 Å². The number of aromatic nitrogens is 2. The van der Waals surface area contributed by atoms with Crippen LogP contribution in [0.25, 0.3) is 0 Å². The van der Waals surface area contributed by atoms with Gasteiger partial charge in [-0.2, -0.15) is 4.98 Å². The summed E-state index contributed by atoms with van der Waals surface area (Å²) in [4.78, 5) is 20.1. The Labute approximate surface area is 134 Å². The lowest BCUT2D eigenvalue weighted by atomic mass is 10.2. The number of carbonyl (C=O) groups is 1. The van der Waals surface area contributed by atoms with Crippen molar-refractivity contribution in [1.82, 2.24) is 9.97 Å². The lowest BCUT2D eigenvalue weighted by Crippen LogP contribution is -2.15. The Bertz CT molecular complexity index is 682. The maximum Gasteiger partial charge on any atom is 0.261 e. The fourth-order valence-electron chi connectivity index (χ4n) is 1.58. The molecule has 0 aliphatic rings. The number of rotatable bonds is 4. The molecule has 2 aromatic rings. The zero-order valence-corrected chi connectivity index (χ0v) is 13.5. The lowest BCUT2D eigenvalue weighted by Gasteiger charge is -2.09. The normalized spacial score (nSPS) is 10.1. The fourth-order valence-corrected chi connectivity index (χ4v) is 2.09.